The van der Waals surface area contributed by atoms with E-state index >= 15 is 0 Å². The van der Waals surface area contributed by atoms with E-state index in [2.05, 4.69) is 5.32 Å². The molecule has 20 heavy (non-hydrogen) atoms. The lowest BCUT2D eigenvalue weighted by atomic mass is 10.3. The fourth-order valence-corrected chi connectivity index (χ4v) is 2.09. The van der Waals surface area contributed by atoms with Crippen LogP contribution in [0.15, 0.2) is 37.8 Å². The molecule has 2 nitrogen and oxygen atoms in total. The molecular weight excluding hydrogens is 410 g/mol. The summed E-state index contributed by atoms with van der Waals surface area (Å²) in [6, 6.07) is 4.50. The maximum Gasteiger partial charge on any atom is 0.268 e. The van der Waals surface area contributed by atoms with Crippen LogP contribution in [0.5, 0.6) is 0 Å². The molecule has 108 valence electrons. The van der Waals surface area contributed by atoms with E-state index in [4.69, 9.17) is 81.2 Å². The van der Waals surface area contributed by atoms with E-state index in [-0.39, 0.29) is 24.6 Å². The number of carbonyl (C=O) groups is 1. The molecule has 1 amide bonds. The molecule has 0 aliphatic rings. The Morgan fingerprint density at radius 1 is 0.850 bits per heavy atom. The molecule has 0 bridgehead atoms. The average molecular weight is 414 g/mol. The molecule has 1 aromatic carbocycles. The maximum atomic E-state index is 11.8. The van der Waals surface area contributed by atoms with Crippen molar-refractivity contribution in [1.29, 1.82) is 0 Å². The van der Waals surface area contributed by atoms with E-state index in [0.717, 1.165) is 0 Å². The second-order valence-corrected chi connectivity index (χ2v) is 6.18. The first-order valence-corrected chi connectivity index (χ1v) is 7.41. The topological polar surface area (TPSA) is 29.1 Å². The fraction of sp³-hybridized carbons (Fsp3) is 0. The highest BCUT2D eigenvalue weighted by molar-refractivity contribution is 6.62. The predicted octanol–water partition coefficient (Wildman–Crippen LogP) is 6.51. The molecule has 0 saturated heterocycles. The van der Waals surface area contributed by atoms with Crippen molar-refractivity contribution in [2.75, 3.05) is 5.32 Å². The minimum Gasteiger partial charge on any atom is -0.321 e. The fourth-order valence-electron chi connectivity index (χ4n) is 1.04. The molecule has 0 unspecified atom stereocenters. The lowest BCUT2D eigenvalue weighted by Gasteiger charge is -2.07. The highest BCUT2D eigenvalue weighted by Gasteiger charge is 2.16. The number of carbonyl (C=O) groups excluding carboxylic acids is 1. The van der Waals surface area contributed by atoms with Gasteiger partial charge in [-0.15, -0.1) is 0 Å². The summed E-state index contributed by atoms with van der Waals surface area (Å²) in [6.45, 7) is 0. The van der Waals surface area contributed by atoms with Crippen LogP contribution in [0.3, 0.4) is 0 Å². The van der Waals surface area contributed by atoms with Gasteiger partial charge in [0.05, 0.1) is 20.1 Å². The quantitative estimate of drug-likeness (QED) is 0.444. The molecule has 0 saturated carbocycles. The van der Waals surface area contributed by atoms with Crippen LogP contribution in [0.1, 0.15) is 0 Å². The lowest BCUT2D eigenvalue weighted by Crippen LogP contribution is -2.12. The number of hydrogen-bond acceptors (Lipinski definition) is 1. The molecule has 0 aliphatic heterocycles. The molecule has 0 aromatic heterocycles. The van der Waals surface area contributed by atoms with Crippen LogP contribution in [0, 0.1) is 0 Å². The number of halogens is 7. The minimum absolute atomic E-state index is 0.232. The van der Waals surface area contributed by atoms with Gasteiger partial charge in [-0.2, -0.15) is 0 Å². The summed E-state index contributed by atoms with van der Waals surface area (Å²) < 4.78 is -0.308. The van der Waals surface area contributed by atoms with E-state index in [1.807, 2.05) is 0 Å². The van der Waals surface area contributed by atoms with Crippen molar-refractivity contribution in [2.24, 2.45) is 0 Å². The van der Waals surface area contributed by atoms with Crippen LogP contribution in [-0.2, 0) is 4.79 Å². The van der Waals surface area contributed by atoms with Crippen LogP contribution in [0.4, 0.5) is 5.69 Å². The summed E-state index contributed by atoms with van der Waals surface area (Å²) in [7, 11) is 0. The van der Waals surface area contributed by atoms with Crippen LogP contribution >= 0.6 is 81.2 Å². The van der Waals surface area contributed by atoms with Crippen molar-refractivity contribution < 1.29 is 4.79 Å². The Hall–Kier alpha value is 0.200. The Bertz CT molecular complexity index is 605. The van der Waals surface area contributed by atoms with E-state index in [0.29, 0.717) is 10.7 Å². The Morgan fingerprint density at radius 3 is 1.95 bits per heavy atom. The molecule has 1 aromatic rings. The van der Waals surface area contributed by atoms with Gasteiger partial charge in [0, 0.05) is 5.69 Å². The molecule has 1 N–H and O–H groups in total. The van der Waals surface area contributed by atoms with Crippen molar-refractivity contribution in [3.05, 3.63) is 47.8 Å². The number of rotatable bonds is 3. The van der Waals surface area contributed by atoms with Crippen LogP contribution in [0.25, 0.3) is 0 Å². The van der Waals surface area contributed by atoms with Crippen molar-refractivity contribution in [3.8, 4) is 0 Å². The highest BCUT2D eigenvalue weighted by atomic mass is 35.5. The predicted molar refractivity (Wildman–Crippen MR) is 88.4 cm³/mol. The van der Waals surface area contributed by atoms with Gasteiger partial charge in [0.2, 0.25) is 0 Å². The SMILES string of the molecule is O=C(Nc1ccc(Cl)c(Cl)c1)/C(Cl)=C(\Cl)C(Cl)=C(Cl)Cl. The van der Waals surface area contributed by atoms with Gasteiger partial charge in [-0.1, -0.05) is 81.2 Å². The van der Waals surface area contributed by atoms with Gasteiger partial charge >= 0.3 is 0 Å². The summed E-state index contributed by atoms with van der Waals surface area (Å²) in [6.07, 6.45) is 0. The Balaban J connectivity index is 2.99. The van der Waals surface area contributed by atoms with Gasteiger partial charge in [-0.3, -0.25) is 4.79 Å². The zero-order valence-corrected chi connectivity index (χ0v) is 14.6. The lowest BCUT2D eigenvalue weighted by molar-refractivity contribution is -0.112. The number of allylic oxidation sites excluding steroid dienone is 2. The second kappa shape index (κ2) is 8.00. The van der Waals surface area contributed by atoms with Gasteiger partial charge in [0.1, 0.15) is 9.52 Å². The molecule has 9 heteroatoms. The van der Waals surface area contributed by atoms with Crippen LogP contribution in [0.2, 0.25) is 10.0 Å². The first-order chi connectivity index (χ1) is 9.23. The summed E-state index contributed by atoms with van der Waals surface area (Å²) in [5.41, 5.74) is 0.379. The Morgan fingerprint density at radius 2 is 1.45 bits per heavy atom. The zero-order chi connectivity index (χ0) is 15.4. The van der Waals surface area contributed by atoms with Crippen molar-refractivity contribution in [1.82, 2.24) is 0 Å². The van der Waals surface area contributed by atoms with Gasteiger partial charge in [0.15, 0.2) is 0 Å². The standard InChI is InChI=1S/C11H4Cl7NO/c12-5-2-1-4(3-6(5)13)19-11(20)9(16)7(14)8(15)10(17)18/h1-3H,(H,19,20)/b9-7+. The third-order valence-electron chi connectivity index (χ3n) is 1.93. The first-order valence-electron chi connectivity index (χ1n) is 4.77. The monoisotopic (exact) mass is 411 g/mol. The van der Waals surface area contributed by atoms with Crippen molar-refractivity contribution in [3.63, 3.8) is 0 Å². The van der Waals surface area contributed by atoms with E-state index in [1.165, 1.54) is 18.2 Å². The largest absolute Gasteiger partial charge is 0.321 e. The van der Waals surface area contributed by atoms with Gasteiger partial charge < -0.3 is 5.32 Å². The second-order valence-electron chi connectivity index (χ2n) is 3.29. The van der Waals surface area contributed by atoms with E-state index < -0.39 is 5.91 Å². The van der Waals surface area contributed by atoms with E-state index in [9.17, 15) is 4.79 Å². The van der Waals surface area contributed by atoms with Gasteiger partial charge in [0.25, 0.3) is 5.91 Å². The maximum absolute atomic E-state index is 11.8. The number of nitrogens with one attached hydrogen (secondary N) is 1. The molecule has 0 fully saturated rings. The number of benzene rings is 1. The van der Waals surface area contributed by atoms with Crippen molar-refractivity contribution >= 4 is 92.8 Å². The summed E-state index contributed by atoms with van der Waals surface area (Å²) in [4.78, 5) is 11.8. The number of anilines is 1. The summed E-state index contributed by atoms with van der Waals surface area (Å²) >= 11 is 39.7. The zero-order valence-electron chi connectivity index (χ0n) is 9.29. The summed E-state index contributed by atoms with van der Waals surface area (Å²) in [5, 5.41) is 2.21. The molecule has 0 radical (unpaired) electrons. The molecule has 0 spiro atoms. The molecule has 1 rings (SSSR count). The average Bonchev–Trinajstić information content (AvgIpc) is 2.40. The minimum atomic E-state index is -0.706. The van der Waals surface area contributed by atoms with Crippen LogP contribution < -0.4 is 5.32 Å². The third-order valence-corrected chi connectivity index (χ3v) is 4.55. The van der Waals surface area contributed by atoms with E-state index in [1.54, 1.807) is 0 Å². The van der Waals surface area contributed by atoms with Gasteiger partial charge in [-0.25, -0.2) is 0 Å². The molecule has 0 atom stereocenters. The smallest absolute Gasteiger partial charge is 0.268 e. The Kier molecular flexibility index (Phi) is 7.30. The van der Waals surface area contributed by atoms with Crippen LogP contribution in [-0.4, -0.2) is 5.91 Å². The highest BCUT2D eigenvalue weighted by Crippen LogP contribution is 2.32. The number of amides is 1. The molecule has 0 heterocycles. The Labute approximate surface area is 150 Å². The van der Waals surface area contributed by atoms with Crippen molar-refractivity contribution in [2.45, 2.75) is 0 Å². The first kappa shape index (κ1) is 18.2. The molecular formula is C11H4Cl7NO. The molecule has 0 aliphatic carbocycles. The number of hydrogen-bond donors (Lipinski definition) is 1. The normalized spacial score (nSPS) is 11.8. The third kappa shape index (κ3) is 4.88. The summed E-state index contributed by atoms with van der Waals surface area (Å²) in [5.74, 6) is -0.706. The van der Waals surface area contributed by atoms with Gasteiger partial charge in [-0.05, 0) is 18.2 Å².